The van der Waals surface area contributed by atoms with Crippen LogP contribution in [0.25, 0.3) is 43.6 Å². The van der Waals surface area contributed by atoms with Crippen LogP contribution in [0.4, 0.5) is 0 Å². The van der Waals surface area contributed by atoms with Crippen molar-refractivity contribution in [1.29, 1.82) is 0 Å². The molecular weight excluding hydrogens is 546 g/mol. The molecule has 0 aliphatic carbocycles. The average molecular weight is 584 g/mol. The minimum atomic E-state index is -0.518. The molecule has 2 atom stereocenters. The second-order valence-corrected chi connectivity index (χ2v) is 11.6. The molecule has 6 aromatic rings. The summed E-state index contributed by atoms with van der Waals surface area (Å²) in [5.41, 5.74) is 13.1. The van der Waals surface area contributed by atoms with Gasteiger partial charge in [0.15, 0.2) is 0 Å². The van der Waals surface area contributed by atoms with Crippen molar-refractivity contribution >= 4 is 55.4 Å². The zero-order chi connectivity index (χ0) is 31.0. The van der Waals surface area contributed by atoms with Crippen LogP contribution in [0.2, 0.25) is 0 Å². The topological polar surface area (TPSA) is 110 Å². The molecular formula is C37H37N5O2. The van der Waals surface area contributed by atoms with Crippen molar-refractivity contribution in [3.8, 4) is 0 Å². The normalized spacial score (nSPS) is 13.7. The van der Waals surface area contributed by atoms with Gasteiger partial charge in [0.2, 0.25) is 0 Å². The van der Waals surface area contributed by atoms with E-state index in [1.807, 2.05) is 62.4 Å². The van der Waals surface area contributed by atoms with E-state index in [4.69, 9.17) is 15.7 Å². The van der Waals surface area contributed by atoms with Gasteiger partial charge in [0, 0.05) is 39.7 Å². The van der Waals surface area contributed by atoms with E-state index < -0.39 is 6.04 Å². The summed E-state index contributed by atoms with van der Waals surface area (Å²) in [6.45, 7) is 8.09. The van der Waals surface area contributed by atoms with Crippen molar-refractivity contribution in [2.24, 2.45) is 5.73 Å². The molecule has 0 aliphatic rings. The SMILES string of the molecule is CCC(NC(=O)c1cccc2cc3c(C)cccc3nc12)C(N)C(CC)NC(=O)c1cccc2cc3c(C)cccc3nc12. The first kappa shape index (κ1) is 29.2. The fourth-order valence-electron chi connectivity index (χ4n) is 6.14. The Hall–Kier alpha value is -4.88. The molecule has 6 rings (SSSR count). The van der Waals surface area contributed by atoms with E-state index in [1.165, 1.54) is 0 Å². The summed E-state index contributed by atoms with van der Waals surface area (Å²) >= 11 is 0. The van der Waals surface area contributed by atoms with E-state index in [1.54, 1.807) is 12.1 Å². The van der Waals surface area contributed by atoms with E-state index in [9.17, 15) is 9.59 Å². The summed E-state index contributed by atoms with van der Waals surface area (Å²) in [5, 5.41) is 10.2. The molecule has 0 radical (unpaired) electrons. The number of aromatic nitrogens is 2. The molecule has 0 aliphatic heterocycles. The lowest BCUT2D eigenvalue weighted by molar-refractivity contribution is 0.0909. The van der Waals surface area contributed by atoms with Crippen LogP contribution in [0, 0.1) is 13.8 Å². The number of rotatable bonds is 8. The number of fused-ring (bicyclic) bond motifs is 4. The van der Waals surface area contributed by atoms with Crippen molar-refractivity contribution in [3.63, 3.8) is 0 Å². The van der Waals surface area contributed by atoms with Crippen LogP contribution in [0.5, 0.6) is 0 Å². The molecule has 0 bridgehead atoms. The number of nitrogens with one attached hydrogen (secondary N) is 2. The number of carbonyl (C=O) groups is 2. The maximum atomic E-state index is 13.7. The highest BCUT2D eigenvalue weighted by atomic mass is 16.2. The van der Waals surface area contributed by atoms with Gasteiger partial charge < -0.3 is 16.4 Å². The Balaban J connectivity index is 1.24. The highest BCUT2D eigenvalue weighted by Crippen LogP contribution is 2.26. The van der Waals surface area contributed by atoms with Crippen LogP contribution in [-0.2, 0) is 0 Å². The van der Waals surface area contributed by atoms with Crippen molar-refractivity contribution in [2.75, 3.05) is 0 Å². The predicted molar refractivity (Wildman–Crippen MR) is 179 cm³/mol. The molecule has 2 heterocycles. The molecule has 2 unspecified atom stereocenters. The molecule has 4 aromatic carbocycles. The van der Waals surface area contributed by atoms with Gasteiger partial charge in [-0.2, -0.15) is 0 Å². The second kappa shape index (κ2) is 12.0. The number of amides is 2. The van der Waals surface area contributed by atoms with Crippen molar-refractivity contribution in [1.82, 2.24) is 20.6 Å². The molecule has 2 aromatic heterocycles. The maximum absolute atomic E-state index is 13.7. The smallest absolute Gasteiger partial charge is 0.253 e. The number of hydrogen-bond acceptors (Lipinski definition) is 5. The molecule has 2 amide bonds. The quantitative estimate of drug-likeness (QED) is 0.172. The van der Waals surface area contributed by atoms with Crippen LogP contribution in [0.3, 0.4) is 0 Å². The molecule has 4 N–H and O–H groups in total. The van der Waals surface area contributed by atoms with Crippen LogP contribution in [0.15, 0.2) is 84.9 Å². The Morgan fingerprint density at radius 3 is 1.48 bits per heavy atom. The Labute approximate surface area is 256 Å². The summed E-state index contributed by atoms with van der Waals surface area (Å²) in [6, 6.07) is 26.2. The van der Waals surface area contributed by atoms with Gasteiger partial charge in [0.25, 0.3) is 11.8 Å². The maximum Gasteiger partial charge on any atom is 0.253 e. The molecule has 44 heavy (non-hydrogen) atoms. The van der Waals surface area contributed by atoms with Gasteiger partial charge in [-0.25, -0.2) is 9.97 Å². The largest absolute Gasteiger partial charge is 0.348 e. The predicted octanol–water partition coefficient (Wildman–Crippen LogP) is 6.75. The van der Waals surface area contributed by atoms with Gasteiger partial charge >= 0.3 is 0 Å². The zero-order valence-corrected chi connectivity index (χ0v) is 25.5. The highest BCUT2D eigenvalue weighted by Gasteiger charge is 2.28. The molecule has 0 saturated heterocycles. The summed E-state index contributed by atoms with van der Waals surface area (Å²) in [6.07, 6.45) is 1.20. The molecule has 0 spiro atoms. The summed E-state index contributed by atoms with van der Waals surface area (Å²) < 4.78 is 0. The Kier molecular flexibility index (Phi) is 7.97. The average Bonchev–Trinajstić information content (AvgIpc) is 3.04. The number of aryl methyl sites for hydroxylation is 2. The van der Waals surface area contributed by atoms with E-state index in [0.29, 0.717) is 35.0 Å². The van der Waals surface area contributed by atoms with Gasteiger partial charge in [-0.3, -0.25) is 9.59 Å². The number of para-hydroxylation sites is 2. The Morgan fingerprint density at radius 1 is 0.659 bits per heavy atom. The first-order chi connectivity index (χ1) is 21.3. The van der Waals surface area contributed by atoms with Crippen LogP contribution >= 0.6 is 0 Å². The first-order valence-corrected chi connectivity index (χ1v) is 15.2. The second-order valence-electron chi connectivity index (χ2n) is 11.6. The van der Waals surface area contributed by atoms with Crippen LogP contribution < -0.4 is 16.4 Å². The van der Waals surface area contributed by atoms with Gasteiger partial charge in [-0.15, -0.1) is 0 Å². The number of nitrogens with two attached hydrogens (primary N) is 1. The summed E-state index contributed by atoms with van der Waals surface area (Å²) in [5.74, 6) is -0.474. The monoisotopic (exact) mass is 583 g/mol. The van der Waals surface area contributed by atoms with Gasteiger partial charge in [-0.1, -0.05) is 62.4 Å². The third kappa shape index (κ3) is 5.35. The van der Waals surface area contributed by atoms with Crippen molar-refractivity contribution in [3.05, 3.63) is 107 Å². The molecule has 0 saturated carbocycles. The minimum absolute atomic E-state index is 0.237. The van der Waals surface area contributed by atoms with Crippen molar-refractivity contribution < 1.29 is 9.59 Å². The number of carbonyl (C=O) groups excluding carboxylic acids is 2. The van der Waals surface area contributed by atoms with E-state index in [2.05, 4.69) is 48.7 Å². The lowest BCUT2D eigenvalue weighted by Gasteiger charge is -2.31. The third-order valence-electron chi connectivity index (χ3n) is 8.73. The van der Waals surface area contributed by atoms with Crippen molar-refractivity contribution in [2.45, 2.75) is 58.7 Å². The molecule has 0 fully saturated rings. The lowest BCUT2D eigenvalue weighted by atomic mass is 9.95. The number of pyridine rings is 2. The summed E-state index contributed by atoms with van der Waals surface area (Å²) in [4.78, 5) is 37.0. The number of nitrogens with zero attached hydrogens (tertiary/aromatic N) is 2. The van der Waals surface area contributed by atoms with Gasteiger partial charge in [0.05, 0.1) is 33.2 Å². The number of hydrogen-bond donors (Lipinski definition) is 3. The minimum Gasteiger partial charge on any atom is -0.348 e. The third-order valence-corrected chi connectivity index (χ3v) is 8.73. The Bertz CT molecular complexity index is 1910. The van der Waals surface area contributed by atoms with Gasteiger partial charge in [0.1, 0.15) is 0 Å². The van der Waals surface area contributed by atoms with Gasteiger partial charge in [-0.05, 0) is 74.2 Å². The standard InChI is InChI=1S/C37H37N5O2/c1-5-29(41-36(43)25-15-9-13-23-19-27-21(3)11-7-17-31(27)39-34(23)25)33(38)30(6-2)42-37(44)26-16-10-14-24-20-28-22(4)12-8-18-32(28)40-35(24)26/h7-20,29-30,33H,5-6,38H2,1-4H3,(H,41,43)(H,42,44). The fourth-order valence-corrected chi connectivity index (χ4v) is 6.14. The molecule has 222 valence electrons. The molecule has 7 heteroatoms. The Morgan fingerprint density at radius 2 is 1.07 bits per heavy atom. The number of benzene rings is 4. The lowest BCUT2D eigenvalue weighted by Crippen LogP contribution is -2.58. The fraction of sp³-hybridized carbons (Fsp3) is 0.243. The van der Waals surface area contributed by atoms with E-state index in [-0.39, 0.29) is 23.9 Å². The first-order valence-electron chi connectivity index (χ1n) is 15.2. The summed E-state index contributed by atoms with van der Waals surface area (Å²) in [7, 11) is 0. The van der Waals surface area contributed by atoms with E-state index in [0.717, 1.165) is 43.7 Å². The molecule has 7 nitrogen and oxygen atoms in total. The zero-order valence-electron chi connectivity index (χ0n) is 25.5. The van der Waals surface area contributed by atoms with E-state index >= 15 is 0 Å². The van der Waals surface area contributed by atoms with Crippen LogP contribution in [0.1, 0.15) is 58.5 Å². The van der Waals surface area contributed by atoms with Crippen LogP contribution in [-0.4, -0.2) is 39.9 Å². The highest BCUT2D eigenvalue weighted by molar-refractivity contribution is 6.09.